The molecular weight excluding hydrogens is 152 g/mol. The number of carbonyl (C=O) groups excluding carboxylic acids is 1. The van der Waals surface area contributed by atoms with Crippen LogP contribution >= 0.6 is 0 Å². The highest BCUT2D eigenvalue weighted by atomic mass is 16.3. The molecule has 2 nitrogen and oxygen atoms in total. The summed E-state index contributed by atoms with van der Waals surface area (Å²) in [5.74, 6) is -0.149. The number of hydrogen-bond donors (Lipinski definition) is 0. The van der Waals surface area contributed by atoms with Gasteiger partial charge in [0.25, 0.3) is 0 Å². The Balaban J connectivity index is 2.90. The summed E-state index contributed by atoms with van der Waals surface area (Å²) in [4.78, 5) is 11.2. The van der Waals surface area contributed by atoms with Gasteiger partial charge in [0.15, 0.2) is 11.5 Å². The molecule has 0 aliphatic heterocycles. The summed E-state index contributed by atoms with van der Waals surface area (Å²) >= 11 is 0. The first-order chi connectivity index (χ1) is 5.74. The zero-order chi connectivity index (χ0) is 8.97. The number of carbonyl (C=O) groups is 1. The van der Waals surface area contributed by atoms with E-state index in [1.807, 2.05) is 0 Å². The topological polar surface area (TPSA) is 37.0 Å². The van der Waals surface area contributed by atoms with E-state index in [0.717, 1.165) is 0 Å². The van der Waals surface area contributed by atoms with Crippen LogP contribution in [0.4, 0.5) is 0 Å². The Morgan fingerprint density at radius 1 is 1.25 bits per heavy atom. The third kappa shape index (κ3) is 1.95. The molecule has 0 N–H and O–H groups in total. The van der Waals surface area contributed by atoms with Gasteiger partial charge in [0.2, 0.25) is 0 Å². The molecule has 0 saturated heterocycles. The van der Waals surface area contributed by atoms with E-state index in [2.05, 4.69) is 0 Å². The minimum absolute atomic E-state index is 0.0718. The SMILES string of the molecule is CC=CC(=O)c1ccc([O])cc1. The molecule has 12 heavy (non-hydrogen) atoms. The predicted molar refractivity (Wildman–Crippen MR) is 45.7 cm³/mol. The van der Waals surface area contributed by atoms with Crippen LogP contribution in [-0.4, -0.2) is 5.78 Å². The van der Waals surface area contributed by atoms with Crippen molar-refractivity contribution in [3.63, 3.8) is 0 Å². The van der Waals surface area contributed by atoms with Gasteiger partial charge < -0.3 is 0 Å². The van der Waals surface area contributed by atoms with Crippen LogP contribution in [0.3, 0.4) is 0 Å². The number of ketones is 1. The summed E-state index contributed by atoms with van der Waals surface area (Å²) in [5.41, 5.74) is 0.549. The van der Waals surface area contributed by atoms with Gasteiger partial charge in [-0.1, -0.05) is 6.08 Å². The lowest BCUT2D eigenvalue weighted by Crippen LogP contribution is -1.92. The van der Waals surface area contributed by atoms with Gasteiger partial charge in [0.1, 0.15) is 0 Å². The maximum atomic E-state index is 11.2. The van der Waals surface area contributed by atoms with Crippen LogP contribution in [0, 0.1) is 0 Å². The van der Waals surface area contributed by atoms with Crippen LogP contribution in [0.1, 0.15) is 17.3 Å². The Morgan fingerprint density at radius 2 is 1.83 bits per heavy atom. The Hall–Kier alpha value is -1.57. The number of allylic oxidation sites excluding steroid dienone is 2. The Morgan fingerprint density at radius 3 is 2.33 bits per heavy atom. The second-order valence-electron chi connectivity index (χ2n) is 2.39. The van der Waals surface area contributed by atoms with Gasteiger partial charge in [-0.3, -0.25) is 9.90 Å². The third-order valence-electron chi connectivity index (χ3n) is 1.46. The molecule has 0 fully saturated rings. The second kappa shape index (κ2) is 3.72. The van der Waals surface area contributed by atoms with Crippen molar-refractivity contribution in [1.29, 1.82) is 0 Å². The minimum atomic E-state index is -0.0768. The molecule has 1 aromatic rings. The highest BCUT2D eigenvalue weighted by Gasteiger charge is 2.00. The van der Waals surface area contributed by atoms with Crippen molar-refractivity contribution in [3.05, 3.63) is 42.0 Å². The lowest BCUT2D eigenvalue weighted by Gasteiger charge is -1.93. The standard InChI is InChI=1S/C10H9O2/c1-2-3-10(12)8-4-6-9(11)7-5-8/h2-7H,1H3. The van der Waals surface area contributed by atoms with E-state index in [9.17, 15) is 9.90 Å². The van der Waals surface area contributed by atoms with E-state index < -0.39 is 0 Å². The minimum Gasteiger partial charge on any atom is -0.290 e. The maximum absolute atomic E-state index is 11.2. The molecule has 2 heteroatoms. The van der Waals surface area contributed by atoms with Crippen LogP contribution < -0.4 is 0 Å². The van der Waals surface area contributed by atoms with Gasteiger partial charge in [-0.15, -0.1) is 0 Å². The molecule has 1 radical (unpaired) electrons. The van der Waals surface area contributed by atoms with Crippen molar-refractivity contribution >= 4 is 5.78 Å². The highest BCUT2D eigenvalue weighted by Crippen LogP contribution is 2.10. The van der Waals surface area contributed by atoms with Gasteiger partial charge in [-0.2, -0.15) is 0 Å². The highest BCUT2D eigenvalue weighted by molar-refractivity contribution is 6.04. The van der Waals surface area contributed by atoms with Crippen molar-refractivity contribution in [3.8, 4) is 5.75 Å². The normalized spacial score (nSPS) is 10.4. The van der Waals surface area contributed by atoms with Crippen molar-refractivity contribution in [2.75, 3.05) is 0 Å². The van der Waals surface area contributed by atoms with Crippen molar-refractivity contribution in [2.24, 2.45) is 0 Å². The van der Waals surface area contributed by atoms with E-state index in [4.69, 9.17) is 0 Å². The van der Waals surface area contributed by atoms with Crippen LogP contribution in [0.2, 0.25) is 0 Å². The number of benzene rings is 1. The molecule has 1 aromatic carbocycles. The van der Waals surface area contributed by atoms with Gasteiger partial charge in [0, 0.05) is 5.56 Å². The van der Waals surface area contributed by atoms with E-state index >= 15 is 0 Å². The molecule has 61 valence electrons. The molecule has 0 spiro atoms. The van der Waals surface area contributed by atoms with Gasteiger partial charge in [-0.25, -0.2) is 0 Å². The average molecular weight is 161 g/mol. The van der Waals surface area contributed by atoms with Crippen molar-refractivity contribution in [2.45, 2.75) is 6.92 Å². The lowest BCUT2D eigenvalue weighted by molar-refractivity contribution is 0.104. The van der Waals surface area contributed by atoms with E-state index in [1.54, 1.807) is 13.0 Å². The van der Waals surface area contributed by atoms with Crippen molar-refractivity contribution < 1.29 is 9.90 Å². The zero-order valence-electron chi connectivity index (χ0n) is 6.78. The molecule has 0 unspecified atom stereocenters. The predicted octanol–water partition coefficient (Wildman–Crippen LogP) is 2.59. The Labute approximate surface area is 71.2 Å². The molecule has 0 heterocycles. The zero-order valence-corrected chi connectivity index (χ0v) is 6.78. The molecule has 0 amide bonds. The third-order valence-corrected chi connectivity index (χ3v) is 1.46. The molecule has 0 aromatic heterocycles. The summed E-state index contributed by atoms with van der Waals surface area (Å²) in [7, 11) is 0. The first-order valence-electron chi connectivity index (χ1n) is 3.68. The summed E-state index contributed by atoms with van der Waals surface area (Å²) in [6, 6.07) is 5.84. The van der Waals surface area contributed by atoms with E-state index in [-0.39, 0.29) is 11.5 Å². The first kappa shape index (κ1) is 8.53. The molecule has 1 rings (SSSR count). The number of hydrogen-bond acceptors (Lipinski definition) is 1. The molecule has 0 saturated carbocycles. The summed E-state index contributed by atoms with van der Waals surface area (Å²) in [5, 5.41) is 10.7. The fourth-order valence-electron chi connectivity index (χ4n) is 0.867. The molecular formula is C10H9O2. The Kier molecular flexibility index (Phi) is 2.64. The first-order valence-corrected chi connectivity index (χ1v) is 3.68. The largest absolute Gasteiger partial charge is 0.290 e. The summed E-state index contributed by atoms with van der Waals surface area (Å²) < 4.78 is 0. The summed E-state index contributed by atoms with van der Waals surface area (Å²) in [6.45, 7) is 1.78. The average Bonchev–Trinajstić information content (AvgIpc) is 2.06. The van der Waals surface area contributed by atoms with Crippen LogP contribution in [0.5, 0.6) is 5.75 Å². The fraction of sp³-hybridized carbons (Fsp3) is 0.100. The van der Waals surface area contributed by atoms with Crippen molar-refractivity contribution in [1.82, 2.24) is 0 Å². The lowest BCUT2D eigenvalue weighted by atomic mass is 10.1. The summed E-state index contributed by atoms with van der Waals surface area (Å²) in [6.07, 6.45) is 3.15. The van der Waals surface area contributed by atoms with Gasteiger partial charge in [0.05, 0.1) is 0 Å². The molecule has 0 aliphatic rings. The maximum Gasteiger partial charge on any atom is 0.185 e. The van der Waals surface area contributed by atoms with Crippen LogP contribution in [-0.2, 0) is 5.11 Å². The molecule has 0 atom stereocenters. The molecule has 0 bridgehead atoms. The van der Waals surface area contributed by atoms with Crippen LogP contribution in [0.15, 0.2) is 36.4 Å². The smallest absolute Gasteiger partial charge is 0.185 e. The Bertz CT molecular complexity index is 296. The fourth-order valence-corrected chi connectivity index (χ4v) is 0.867. The monoisotopic (exact) mass is 161 g/mol. The molecule has 0 aliphatic carbocycles. The van der Waals surface area contributed by atoms with Gasteiger partial charge in [-0.05, 0) is 37.3 Å². The second-order valence-corrected chi connectivity index (χ2v) is 2.39. The van der Waals surface area contributed by atoms with Gasteiger partial charge >= 0.3 is 0 Å². The van der Waals surface area contributed by atoms with E-state index in [1.165, 1.54) is 30.3 Å². The number of rotatable bonds is 2. The quantitative estimate of drug-likeness (QED) is 0.485. The van der Waals surface area contributed by atoms with Crippen LogP contribution in [0.25, 0.3) is 0 Å². The van der Waals surface area contributed by atoms with E-state index in [0.29, 0.717) is 5.56 Å².